The molecule has 0 atom stereocenters. The first kappa shape index (κ1) is 11.5. The molecule has 0 fully saturated rings. The number of anilines is 1. The lowest BCUT2D eigenvalue weighted by Gasteiger charge is -2.07. The first-order valence-corrected chi connectivity index (χ1v) is 5.42. The van der Waals surface area contributed by atoms with Crippen molar-refractivity contribution in [3.63, 3.8) is 0 Å². The maximum atomic E-state index is 10.9. The number of aldehydes is 1. The van der Waals surface area contributed by atoms with Crippen LogP contribution in [0, 0.1) is 0 Å². The Hall–Kier alpha value is -1.94. The number of halogens is 1. The fourth-order valence-electron chi connectivity index (χ4n) is 1.40. The lowest BCUT2D eigenvalue weighted by atomic mass is 10.2. The summed E-state index contributed by atoms with van der Waals surface area (Å²) in [5, 5.41) is 3.21. The second kappa shape index (κ2) is 5.41. The highest BCUT2D eigenvalue weighted by Gasteiger charge is 2.08. The van der Waals surface area contributed by atoms with E-state index in [0.29, 0.717) is 18.6 Å². The fraction of sp³-hybridized carbons (Fsp3) is 0.0833. The second-order valence-corrected chi connectivity index (χ2v) is 3.74. The molecule has 1 N–H and O–H groups in total. The molecule has 1 aromatic heterocycles. The van der Waals surface area contributed by atoms with Gasteiger partial charge in [0.25, 0.3) is 0 Å². The van der Waals surface area contributed by atoms with Crippen LogP contribution in [0.1, 0.15) is 15.9 Å². The fourth-order valence-corrected chi connectivity index (χ4v) is 1.58. The predicted octanol–water partition coefficient (Wildman–Crippen LogP) is 2.55. The topological polar surface area (TPSA) is 54.9 Å². The average molecular weight is 248 g/mol. The number of nitrogens with zero attached hydrogens (tertiary/aromatic N) is 2. The zero-order valence-electron chi connectivity index (χ0n) is 8.93. The maximum Gasteiger partial charge on any atom is 0.156 e. The molecule has 0 unspecified atom stereocenters. The quantitative estimate of drug-likeness (QED) is 0.666. The Morgan fingerprint density at radius 2 is 2.00 bits per heavy atom. The van der Waals surface area contributed by atoms with Crippen LogP contribution in [-0.4, -0.2) is 16.3 Å². The van der Waals surface area contributed by atoms with Crippen LogP contribution in [0.25, 0.3) is 0 Å². The molecule has 4 nitrogen and oxygen atoms in total. The van der Waals surface area contributed by atoms with Crippen LogP contribution < -0.4 is 5.32 Å². The first-order valence-electron chi connectivity index (χ1n) is 5.04. The van der Waals surface area contributed by atoms with Crippen LogP contribution in [0.15, 0.2) is 36.7 Å². The third-order valence-electron chi connectivity index (χ3n) is 2.26. The molecule has 0 radical (unpaired) electrons. The third kappa shape index (κ3) is 2.79. The van der Waals surface area contributed by atoms with E-state index in [0.717, 1.165) is 5.56 Å². The summed E-state index contributed by atoms with van der Waals surface area (Å²) >= 11 is 5.79. The SMILES string of the molecule is O=Cc1c(Cl)ncnc1NCc1ccccc1. The Morgan fingerprint density at radius 3 is 2.71 bits per heavy atom. The van der Waals surface area contributed by atoms with Crippen LogP contribution in [0.4, 0.5) is 5.82 Å². The molecule has 0 aliphatic carbocycles. The normalized spacial score (nSPS) is 9.94. The highest BCUT2D eigenvalue weighted by atomic mass is 35.5. The first-order chi connectivity index (χ1) is 8.31. The van der Waals surface area contributed by atoms with E-state index < -0.39 is 0 Å². The average Bonchev–Trinajstić information content (AvgIpc) is 2.37. The minimum absolute atomic E-state index is 0.158. The van der Waals surface area contributed by atoms with E-state index in [9.17, 15) is 4.79 Å². The molecule has 1 aromatic carbocycles. The Kier molecular flexibility index (Phi) is 3.67. The minimum Gasteiger partial charge on any atom is -0.365 e. The van der Waals surface area contributed by atoms with Gasteiger partial charge >= 0.3 is 0 Å². The smallest absolute Gasteiger partial charge is 0.156 e. The molecular weight excluding hydrogens is 238 g/mol. The van der Waals surface area contributed by atoms with Gasteiger partial charge in [-0.05, 0) is 5.56 Å². The number of benzene rings is 1. The van der Waals surface area contributed by atoms with E-state index in [1.807, 2.05) is 30.3 Å². The van der Waals surface area contributed by atoms with Crippen LogP contribution >= 0.6 is 11.6 Å². The van der Waals surface area contributed by atoms with Crippen molar-refractivity contribution in [1.29, 1.82) is 0 Å². The summed E-state index contributed by atoms with van der Waals surface area (Å²) in [6.45, 7) is 0.578. The summed E-state index contributed by atoms with van der Waals surface area (Å²) in [6.07, 6.45) is 1.97. The summed E-state index contributed by atoms with van der Waals surface area (Å²) in [5.74, 6) is 0.448. The van der Waals surface area contributed by atoms with Gasteiger partial charge < -0.3 is 5.32 Å². The van der Waals surface area contributed by atoms with Crippen molar-refractivity contribution < 1.29 is 4.79 Å². The summed E-state index contributed by atoms with van der Waals surface area (Å²) in [5.41, 5.74) is 1.38. The maximum absolute atomic E-state index is 10.9. The van der Waals surface area contributed by atoms with Gasteiger partial charge in [-0.25, -0.2) is 9.97 Å². The van der Waals surface area contributed by atoms with Gasteiger partial charge in [-0.15, -0.1) is 0 Å². The molecule has 5 heteroatoms. The number of rotatable bonds is 4. The van der Waals surface area contributed by atoms with Crippen molar-refractivity contribution in [3.05, 3.63) is 52.9 Å². The molecule has 2 aromatic rings. The molecule has 2 rings (SSSR count). The van der Waals surface area contributed by atoms with Crippen molar-refractivity contribution in [1.82, 2.24) is 9.97 Å². The van der Waals surface area contributed by atoms with Crippen molar-refractivity contribution in [3.8, 4) is 0 Å². The monoisotopic (exact) mass is 247 g/mol. The highest BCUT2D eigenvalue weighted by Crippen LogP contribution is 2.17. The predicted molar refractivity (Wildman–Crippen MR) is 66.2 cm³/mol. The molecule has 0 aliphatic rings. The Bertz CT molecular complexity index is 516. The minimum atomic E-state index is 0.158. The molecule has 0 saturated heterocycles. The number of nitrogens with one attached hydrogen (secondary N) is 1. The molecule has 0 aliphatic heterocycles. The van der Waals surface area contributed by atoms with Crippen LogP contribution in [0.3, 0.4) is 0 Å². The molecule has 0 bridgehead atoms. The van der Waals surface area contributed by atoms with Crippen molar-refractivity contribution in [2.75, 3.05) is 5.32 Å². The summed E-state index contributed by atoms with van der Waals surface area (Å²) in [6, 6.07) is 9.81. The lowest BCUT2D eigenvalue weighted by molar-refractivity contribution is 0.112. The van der Waals surface area contributed by atoms with Crippen LogP contribution in [-0.2, 0) is 6.54 Å². The molecule has 1 heterocycles. The number of aromatic nitrogens is 2. The largest absolute Gasteiger partial charge is 0.365 e. The molecule has 0 saturated carbocycles. The third-order valence-corrected chi connectivity index (χ3v) is 2.56. The second-order valence-electron chi connectivity index (χ2n) is 3.38. The summed E-state index contributed by atoms with van der Waals surface area (Å²) in [4.78, 5) is 18.6. The summed E-state index contributed by atoms with van der Waals surface area (Å²) < 4.78 is 0. The van der Waals surface area contributed by atoms with E-state index in [1.54, 1.807) is 0 Å². The van der Waals surface area contributed by atoms with Gasteiger partial charge in [0, 0.05) is 6.54 Å². The number of hydrogen-bond donors (Lipinski definition) is 1. The van der Waals surface area contributed by atoms with Crippen LogP contribution in [0.5, 0.6) is 0 Å². The van der Waals surface area contributed by atoms with Gasteiger partial charge in [0.15, 0.2) is 6.29 Å². The van der Waals surface area contributed by atoms with E-state index in [-0.39, 0.29) is 10.7 Å². The van der Waals surface area contributed by atoms with E-state index >= 15 is 0 Å². The van der Waals surface area contributed by atoms with Gasteiger partial charge in [0.2, 0.25) is 0 Å². The van der Waals surface area contributed by atoms with Gasteiger partial charge in [-0.1, -0.05) is 41.9 Å². The van der Waals surface area contributed by atoms with Gasteiger partial charge in [0.1, 0.15) is 17.3 Å². The molecule has 86 valence electrons. The molecule has 0 spiro atoms. The van der Waals surface area contributed by atoms with Crippen molar-refractivity contribution >= 4 is 23.7 Å². The molecule has 17 heavy (non-hydrogen) atoms. The number of carbonyl (C=O) groups is 1. The Morgan fingerprint density at radius 1 is 1.24 bits per heavy atom. The van der Waals surface area contributed by atoms with Crippen LogP contribution in [0.2, 0.25) is 5.15 Å². The number of carbonyl (C=O) groups excluding carboxylic acids is 1. The highest BCUT2D eigenvalue weighted by molar-refractivity contribution is 6.32. The van der Waals surface area contributed by atoms with E-state index in [2.05, 4.69) is 15.3 Å². The van der Waals surface area contributed by atoms with E-state index in [4.69, 9.17) is 11.6 Å². The standard InChI is InChI=1S/C12H10ClN3O/c13-11-10(7-17)12(16-8-15-11)14-6-9-4-2-1-3-5-9/h1-5,7-8H,6H2,(H,14,15,16). The van der Waals surface area contributed by atoms with Gasteiger partial charge in [-0.2, -0.15) is 0 Å². The number of hydrogen-bond acceptors (Lipinski definition) is 4. The summed E-state index contributed by atoms with van der Waals surface area (Å²) in [7, 11) is 0. The Labute approximate surface area is 104 Å². The zero-order valence-corrected chi connectivity index (χ0v) is 9.69. The van der Waals surface area contributed by atoms with Crippen molar-refractivity contribution in [2.24, 2.45) is 0 Å². The van der Waals surface area contributed by atoms with Crippen molar-refractivity contribution in [2.45, 2.75) is 6.54 Å². The molecule has 0 amide bonds. The zero-order chi connectivity index (χ0) is 12.1. The van der Waals surface area contributed by atoms with Gasteiger partial charge in [0.05, 0.1) is 5.56 Å². The lowest BCUT2D eigenvalue weighted by Crippen LogP contribution is -2.05. The van der Waals surface area contributed by atoms with E-state index in [1.165, 1.54) is 6.33 Å². The van der Waals surface area contributed by atoms with Gasteiger partial charge in [-0.3, -0.25) is 4.79 Å². The Balaban J connectivity index is 2.14. The molecular formula is C12H10ClN3O.